The summed E-state index contributed by atoms with van der Waals surface area (Å²) in [6.07, 6.45) is 0.768. The van der Waals surface area contributed by atoms with Crippen molar-refractivity contribution in [1.29, 1.82) is 0 Å². The molecule has 1 unspecified atom stereocenters. The van der Waals surface area contributed by atoms with Crippen molar-refractivity contribution in [2.45, 2.75) is 37.3 Å². The Morgan fingerprint density at radius 3 is 2.50 bits per heavy atom. The predicted octanol–water partition coefficient (Wildman–Crippen LogP) is 5.47. The number of hydrogen-bond donors (Lipinski definition) is 1. The molecule has 0 radical (unpaired) electrons. The lowest BCUT2D eigenvalue weighted by atomic mass is 10.1. The van der Waals surface area contributed by atoms with Crippen molar-refractivity contribution in [3.05, 3.63) is 58.6 Å². The fourth-order valence-electron chi connectivity index (χ4n) is 2.10. The van der Waals surface area contributed by atoms with Gasteiger partial charge in [-0.05, 0) is 61.7 Å². The molecule has 0 spiro atoms. The van der Waals surface area contributed by atoms with Crippen LogP contribution in [0.1, 0.15) is 24.5 Å². The molecule has 2 aromatic carbocycles. The number of amides is 1. The van der Waals surface area contributed by atoms with Crippen molar-refractivity contribution in [2.75, 3.05) is 5.32 Å². The quantitative estimate of drug-likeness (QED) is 0.735. The van der Waals surface area contributed by atoms with E-state index in [0.717, 1.165) is 22.6 Å². The van der Waals surface area contributed by atoms with E-state index in [4.69, 9.17) is 11.6 Å². The van der Waals surface area contributed by atoms with E-state index in [1.165, 1.54) is 5.56 Å². The van der Waals surface area contributed by atoms with Crippen molar-refractivity contribution < 1.29 is 4.79 Å². The Balaban J connectivity index is 2.08. The average molecular weight is 334 g/mol. The van der Waals surface area contributed by atoms with Crippen LogP contribution in [-0.2, 0) is 4.79 Å². The number of hydrogen-bond acceptors (Lipinski definition) is 2. The summed E-state index contributed by atoms with van der Waals surface area (Å²) in [7, 11) is 0. The minimum atomic E-state index is -0.124. The maximum atomic E-state index is 12.5. The zero-order valence-corrected chi connectivity index (χ0v) is 14.6. The smallest absolute Gasteiger partial charge is 0.237 e. The van der Waals surface area contributed by atoms with Gasteiger partial charge in [0.25, 0.3) is 0 Å². The zero-order valence-electron chi connectivity index (χ0n) is 13.0. The van der Waals surface area contributed by atoms with Crippen LogP contribution < -0.4 is 5.32 Å². The van der Waals surface area contributed by atoms with Gasteiger partial charge in [0.15, 0.2) is 0 Å². The van der Waals surface area contributed by atoms with Gasteiger partial charge in [-0.2, -0.15) is 0 Å². The van der Waals surface area contributed by atoms with Crippen LogP contribution in [0.3, 0.4) is 0 Å². The Morgan fingerprint density at radius 2 is 1.86 bits per heavy atom. The van der Waals surface area contributed by atoms with E-state index in [1.54, 1.807) is 11.8 Å². The van der Waals surface area contributed by atoms with Crippen molar-refractivity contribution in [2.24, 2.45) is 0 Å². The molecule has 2 aromatic rings. The molecule has 0 aliphatic rings. The third-order valence-corrected chi connectivity index (χ3v) is 5.25. The van der Waals surface area contributed by atoms with Crippen LogP contribution in [0.25, 0.3) is 0 Å². The molecule has 0 bridgehead atoms. The van der Waals surface area contributed by atoms with Gasteiger partial charge in [-0.1, -0.05) is 30.7 Å². The maximum absolute atomic E-state index is 12.5. The first-order valence-corrected chi connectivity index (χ1v) is 8.56. The van der Waals surface area contributed by atoms with Gasteiger partial charge in [-0.25, -0.2) is 0 Å². The van der Waals surface area contributed by atoms with Gasteiger partial charge in [0.1, 0.15) is 0 Å². The molecule has 4 heteroatoms. The molecule has 1 amide bonds. The molecule has 0 saturated carbocycles. The standard InChI is InChI=1S/C18H20ClNOS/c1-4-17(22-15-10-8-14(19)9-11-15)18(21)20-16-7-5-6-12(2)13(16)3/h5-11,17H,4H2,1-3H3,(H,20,21). The van der Waals surface area contributed by atoms with Crippen LogP contribution in [-0.4, -0.2) is 11.2 Å². The Morgan fingerprint density at radius 1 is 1.18 bits per heavy atom. The van der Waals surface area contributed by atoms with Crippen molar-refractivity contribution in [3.63, 3.8) is 0 Å². The minimum Gasteiger partial charge on any atom is -0.325 e. The second kappa shape index (κ2) is 7.70. The molecule has 2 nitrogen and oxygen atoms in total. The molecule has 0 fully saturated rings. The summed E-state index contributed by atoms with van der Waals surface area (Å²) in [5.74, 6) is 0.0381. The summed E-state index contributed by atoms with van der Waals surface area (Å²) in [5.41, 5.74) is 3.18. The lowest BCUT2D eigenvalue weighted by Crippen LogP contribution is -2.25. The first-order valence-electron chi connectivity index (χ1n) is 7.30. The van der Waals surface area contributed by atoms with Crippen molar-refractivity contribution in [1.82, 2.24) is 0 Å². The van der Waals surface area contributed by atoms with Gasteiger partial charge in [-0.3, -0.25) is 4.79 Å². The van der Waals surface area contributed by atoms with Crippen LogP contribution in [0.2, 0.25) is 5.02 Å². The van der Waals surface area contributed by atoms with E-state index in [9.17, 15) is 4.79 Å². The average Bonchev–Trinajstić information content (AvgIpc) is 2.51. The summed E-state index contributed by atoms with van der Waals surface area (Å²) in [5, 5.41) is 3.63. The van der Waals surface area contributed by atoms with Gasteiger partial charge in [0.2, 0.25) is 5.91 Å². The summed E-state index contributed by atoms with van der Waals surface area (Å²) >= 11 is 7.46. The van der Waals surface area contributed by atoms with Crippen molar-refractivity contribution >= 4 is 35.0 Å². The molecular formula is C18H20ClNOS. The SMILES string of the molecule is CCC(Sc1ccc(Cl)cc1)C(=O)Nc1cccc(C)c1C. The first kappa shape index (κ1) is 16.9. The molecule has 116 valence electrons. The largest absolute Gasteiger partial charge is 0.325 e. The highest BCUT2D eigenvalue weighted by molar-refractivity contribution is 8.00. The number of anilines is 1. The van der Waals surface area contributed by atoms with E-state index in [-0.39, 0.29) is 11.2 Å². The highest BCUT2D eigenvalue weighted by Crippen LogP contribution is 2.28. The van der Waals surface area contributed by atoms with Crippen molar-refractivity contribution in [3.8, 4) is 0 Å². The van der Waals surface area contributed by atoms with Crippen LogP contribution in [0, 0.1) is 13.8 Å². The number of carbonyl (C=O) groups excluding carboxylic acids is 1. The van der Waals surface area contributed by atoms with Crippen LogP contribution in [0.5, 0.6) is 0 Å². The van der Waals surface area contributed by atoms with Gasteiger partial charge in [-0.15, -0.1) is 11.8 Å². The lowest BCUT2D eigenvalue weighted by Gasteiger charge is -2.16. The minimum absolute atomic E-state index is 0.0381. The number of rotatable bonds is 5. The Hall–Kier alpha value is -1.45. The van der Waals surface area contributed by atoms with Gasteiger partial charge < -0.3 is 5.32 Å². The highest BCUT2D eigenvalue weighted by Gasteiger charge is 2.18. The maximum Gasteiger partial charge on any atom is 0.237 e. The van der Waals surface area contributed by atoms with E-state index in [0.29, 0.717) is 5.02 Å². The topological polar surface area (TPSA) is 29.1 Å². The molecule has 22 heavy (non-hydrogen) atoms. The van der Waals surface area contributed by atoms with Gasteiger partial charge >= 0.3 is 0 Å². The third-order valence-electron chi connectivity index (χ3n) is 3.62. The zero-order chi connectivity index (χ0) is 16.1. The van der Waals surface area contributed by atoms with E-state index < -0.39 is 0 Å². The molecule has 0 aromatic heterocycles. The normalized spacial score (nSPS) is 12.0. The Kier molecular flexibility index (Phi) is 5.92. The van der Waals surface area contributed by atoms with Gasteiger partial charge in [0.05, 0.1) is 5.25 Å². The lowest BCUT2D eigenvalue weighted by molar-refractivity contribution is -0.115. The fraction of sp³-hybridized carbons (Fsp3) is 0.278. The molecule has 0 heterocycles. The second-order valence-corrected chi connectivity index (χ2v) is 6.92. The number of thioether (sulfide) groups is 1. The summed E-state index contributed by atoms with van der Waals surface area (Å²) in [6, 6.07) is 13.5. The molecule has 2 rings (SSSR count). The van der Waals surface area contributed by atoms with E-state index in [2.05, 4.69) is 5.32 Å². The highest BCUT2D eigenvalue weighted by atomic mass is 35.5. The van der Waals surface area contributed by atoms with Crippen LogP contribution in [0.15, 0.2) is 47.4 Å². The molecule has 1 N–H and O–H groups in total. The summed E-state index contributed by atoms with van der Waals surface area (Å²) in [6.45, 7) is 6.10. The number of nitrogens with one attached hydrogen (secondary N) is 1. The predicted molar refractivity (Wildman–Crippen MR) is 95.9 cm³/mol. The third kappa shape index (κ3) is 4.28. The van der Waals surface area contributed by atoms with Crippen LogP contribution >= 0.6 is 23.4 Å². The Labute approximate surface area is 141 Å². The number of benzene rings is 2. The monoisotopic (exact) mass is 333 g/mol. The van der Waals surface area contributed by atoms with E-state index >= 15 is 0 Å². The number of aryl methyl sites for hydroxylation is 1. The summed E-state index contributed by atoms with van der Waals surface area (Å²) < 4.78 is 0. The van der Waals surface area contributed by atoms with E-state index in [1.807, 2.05) is 63.2 Å². The number of halogens is 1. The first-order chi connectivity index (χ1) is 10.5. The van der Waals surface area contributed by atoms with Gasteiger partial charge in [0, 0.05) is 15.6 Å². The second-order valence-electron chi connectivity index (χ2n) is 5.21. The number of carbonyl (C=O) groups is 1. The fourth-order valence-corrected chi connectivity index (χ4v) is 3.18. The summed E-state index contributed by atoms with van der Waals surface area (Å²) in [4.78, 5) is 13.6. The molecule has 0 saturated heterocycles. The molecule has 0 aliphatic carbocycles. The molecule has 1 atom stereocenters. The molecular weight excluding hydrogens is 314 g/mol. The van der Waals surface area contributed by atoms with Crippen LogP contribution in [0.4, 0.5) is 5.69 Å². The molecule has 0 aliphatic heterocycles. The Bertz CT molecular complexity index is 655.